The largest absolute Gasteiger partial charge is 0.365 e. The molecule has 1 nitrogen and oxygen atoms in total. The molecule has 0 N–H and O–H groups in total. The molecule has 0 saturated carbocycles. The monoisotopic (exact) mass is 274 g/mol. The molecule has 0 bridgehead atoms. The van der Waals surface area contributed by atoms with E-state index in [1.165, 1.54) is 21.9 Å². The molecule has 0 unspecified atom stereocenters. The summed E-state index contributed by atoms with van der Waals surface area (Å²) in [6.07, 6.45) is 1.77. The molecule has 104 valence electrons. The summed E-state index contributed by atoms with van der Waals surface area (Å²) in [7, 11) is 0. The summed E-state index contributed by atoms with van der Waals surface area (Å²) in [5.74, 6) is 0. The second-order valence-electron chi connectivity index (χ2n) is 5.02. The quantitative estimate of drug-likeness (QED) is 0.575. The molecule has 0 aliphatic carbocycles. The summed E-state index contributed by atoms with van der Waals surface area (Å²) in [5, 5.41) is 2.45. The molecular formula is C20H18O. The van der Waals surface area contributed by atoms with Crippen LogP contribution in [0.25, 0.3) is 10.8 Å². The van der Waals surface area contributed by atoms with E-state index >= 15 is 0 Å². The second-order valence-corrected chi connectivity index (χ2v) is 5.02. The molecule has 0 aromatic heterocycles. The summed E-state index contributed by atoms with van der Waals surface area (Å²) in [6.45, 7) is 4.52. The van der Waals surface area contributed by atoms with Crippen LogP contribution >= 0.6 is 0 Å². The van der Waals surface area contributed by atoms with Crippen LogP contribution in [0.3, 0.4) is 0 Å². The summed E-state index contributed by atoms with van der Waals surface area (Å²) in [4.78, 5) is 0. The van der Waals surface area contributed by atoms with Gasteiger partial charge in [-0.2, -0.15) is 0 Å². The van der Waals surface area contributed by atoms with Crippen molar-refractivity contribution in [1.82, 2.24) is 0 Å². The first-order valence-electron chi connectivity index (χ1n) is 7.14. The van der Waals surface area contributed by atoms with Gasteiger partial charge in [-0.3, -0.25) is 0 Å². The fourth-order valence-electron chi connectivity index (χ4n) is 2.54. The Labute approximate surface area is 125 Å². The molecular weight excluding hydrogens is 256 g/mol. The van der Waals surface area contributed by atoms with E-state index in [1.807, 2.05) is 24.3 Å². The van der Waals surface area contributed by atoms with Crippen LogP contribution in [-0.4, -0.2) is 0 Å². The molecule has 0 amide bonds. The summed E-state index contributed by atoms with van der Waals surface area (Å²) in [6, 6.07) is 24.9. The fourth-order valence-corrected chi connectivity index (χ4v) is 2.54. The van der Waals surface area contributed by atoms with Crippen molar-refractivity contribution < 1.29 is 4.74 Å². The van der Waals surface area contributed by atoms with Gasteiger partial charge < -0.3 is 4.74 Å². The van der Waals surface area contributed by atoms with Crippen molar-refractivity contribution in [1.29, 1.82) is 0 Å². The first kappa shape index (κ1) is 13.6. The number of hydrogen-bond acceptors (Lipinski definition) is 1. The van der Waals surface area contributed by atoms with Gasteiger partial charge in [-0.25, -0.2) is 0 Å². The van der Waals surface area contributed by atoms with Crippen molar-refractivity contribution >= 4 is 10.8 Å². The Hall–Kier alpha value is -2.38. The van der Waals surface area contributed by atoms with Crippen LogP contribution in [-0.2, 0) is 11.3 Å². The minimum Gasteiger partial charge on any atom is -0.365 e. The zero-order chi connectivity index (χ0) is 14.5. The van der Waals surface area contributed by atoms with Gasteiger partial charge in [0.1, 0.15) is 6.10 Å². The summed E-state index contributed by atoms with van der Waals surface area (Å²) in [5.41, 5.74) is 2.34. The number of rotatable bonds is 5. The Balaban J connectivity index is 1.86. The molecule has 0 radical (unpaired) electrons. The number of ether oxygens (including phenoxy) is 1. The maximum Gasteiger partial charge on any atom is 0.101 e. The van der Waals surface area contributed by atoms with Crippen molar-refractivity contribution in [3.63, 3.8) is 0 Å². The Morgan fingerprint density at radius 1 is 0.857 bits per heavy atom. The molecule has 3 rings (SSSR count). The molecule has 21 heavy (non-hydrogen) atoms. The summed E-state index contributed by atoms with van der Waals surface area (Å²) < 4.78 is 6.05. The van der Waals surface area contributed by atoms with Gasteiger partial charge in [0.15, 0.2) is 0 Å². The normalized spacial score (nSPS) is 12.2. The van der Waals surface area contributed by atoms with Gasteiger partial charge in [0.25, 0.3) is 0 Å². The van der Waals surface area contributed by atoms with Crippen molar-refractivity contribution in [2.24, 2.45) is 0 Å². The van der Waals surface area contributed by atoms with Gasteiger partial charge in [0.2, 0.25) is 0 Å². The first-order chi connectivity index (χ1) is 10.4. The number of benzene rings is 3. The standard InChI is InChI=1S/C20H18O/c1-2-20(21-15-16-9-4-3-5-10-16)19-14-8-12-17-11-6-7-13-18(17)19/h2-14,20H,1,15H2/t20-/m0/s1. The Bertz CT molecular complexity index is 726. The lowest BCUT2D eigenvalue weighted by Gasteiger charge is -2.16. The van der Waals surface area contributed by atoms with Crippen molar-refractivity contribution in [3.8, 4) is 0 Å². The zero-order valence-electron chi connectivity index (χ0n) is 11.9. The molecule has 0 heterocycles. The molecule has 0 spiro atoms. The van der Waals surface area contributed by atoms with Gasteiger partial charge >= 0.3 is 0 Å². The van der Waals surface area contributed by atoms with Crippen LogP contribution in [0.1, 0.15) is 17.2 Å². The van der Waals surface area contributed by atoms with Crippen LogP contribution in [0.5, 0.6) is 0 Å². The van der Waals surface area contributed by atoms with E-state index in [-0.39, 0.29) is 6.10 Å². The van der Waals surface area contributed by atoms with E-state index in [9.17, 15) is 0 Å². The van der Waals surface area contributed by atoms with Gasteiger partial charge in [0.05, 0.1) is 6.61 Å². The molecule has 0 aliphatic rings. The van der Waals surface area contributed by atoms with Crippen LogP contribution in [0, 0.1) is 0 Å². The van der Waals surface area contributed by atoms with Crippen molar-refractivity contribution in [2.75, 3.05) is 0 Å². The maximum absolute atomic E-state index is 6.05. The molecule has 3 aromatic rings. The first-order valence-corrected chi connectivity index (χ1v) is 7.14. The SMILES string of the molecule is C=C[C@H](OCc1ccccc1)c1cccc2ccccc12. The predicted octanol–water partition coefficient (Wildman–Crippen LogP) is 5.28. The van der Waals surface area contributed by atoms with Crippen molar-refractivity contribution in [2.45, 2.75) is 12.7 Å². The van der Waals surface area contributed by atoms with E-state index in [0.717, 1.165) is 0 Å². The Kier molecular flexibility index (Phi) is 4.13. The highest BCUT2D eigenvalue weighted by molar-refractivity contribution is 5.86. The van der Waals surface area contributed by atoms with Crippen LogP contribution in [0.2, 0.25) is 0 Å². The van der Waals surface area contributed by atoms with Crippen LogP contribution < -0.4 is 0 Å². The molecule has 1 atom stereocenters. The molecule has 0 saturated heterocycles. The van der Waals surface area contributed by atoms with E-state index in [0.29, 0.717) is 6.61 Å². The predicted molar refractivity (Wildman–Crippen MR) is 88.1 cm³/mol. The number of fused-ring (bicyclic) bond motifs is 1. The average molecular weight is 274 g/mol. The maximum atomic E-state index is 6.05. The lowest BCUT2D eigenvalue weighted by atomic mass is 10.0. The van der Waals surface area contributed by atoms with E-state index in [1.54, 1.807) is 0 Å². The van der Waals surface area contributed by atoms with E-state index < -0.39 is 0 Å². The summed E-state index contributed by atoms with van der Waals surface area (Å²) >= 11 is 0. The lowest BCUT2D eigenvalue weighted by Crippen LogP contribution is -2.02. The van der Waals surface area contributed by atoms with Gasteiger partial charge in [-0.15, -0.1) is 6.58 Å². The minimum absolute atomic E-state index is 0.101. The fraction of sp³-hybridized carbons (Fsp3) is 0.100. The Morgan fingerprint density at radius 2 is 1.57 bits per heavy atom. The Morgan fingerprint density at radius 3 is 2.38 bits per heavy atom. The lowest BCUT2D eigenvalue weighted by molar-refractivity contribution is 0.0730. The third kappa shape index (κ3) is 3.04. The van der Waals surface area contributed by atoms with Crippen LogP contribution in [0.4, 0.5) is 0 Å². The minimum atomic E-state index is -0.101. The van der Waals surface area contributed by atoms with Gasteiger partial charge in [-0.05, 0) is 21.9 Å². The van der Waals surface area contributed by atoms with Crippen LogP contribution in [0.15, 0.2) is 85.5 Å². The average Bonchev–Trinajstić information content (AvgIpc) is 2.56. The zero-order valence-corrected chi connectivity index (χ0v) is 11.9. The highest BCUT2D eigenvalue weighted by Gasteiger charge is 2.11. The molecule has 0 fully saturated rings. The molecule has 0 aliphatic heterocycles. The highest BCUT2D eigenvalue weighted by Crippen LogP contribution is 2.28. The van der Waals surface area contributed by atoms with E-state index in [2.05, 4.69) is 61.2 Å². The molecule has 1 heteroatoms. The number of hydrogen-bond donors (Lipinski definition) is 0. The smallest absolute Gasteiger partial charge is 0.101 e. The van der Waals surface area contributed by atoms with E-state index in [4.69, 9.17) is 4.74 Å². The van der Waals surface area contributed by atoms with Gasteiger partial charge in [0, 0.05) is 0 Å². The second kappa shape index (κ2) is 6.38. The third-order valence-electron chi connectivity index (χ3n) is 3.62. The van der Waals surface area contributed by atoms with Gasteiger partial charge in [-0.1, -0.05) is 78.9 Å². The topological polar surface area (TPSA) is 9.23 Å². The molecule has 3 aromatic carbocycles. The third-order valence-corrected chi connectivity index (χ3v) is 3.62. The van der Waals surface area contributed by atoms with Crippen molar-refractivity contribution in [3.05, 3.63) is 96.6 Å². The highest BCUT2D eigenvalue weighted by atomic mass is 16.5.